The van der Waals surface area contributed by atoms with Gasteiger partial charge in [0.25, 0.3) is 0 Å². The van der Waals surface area contributed by atoms with Gasteiger partial charge >= 0.3 is 18.3 Å². The molecule has 1 N–H and O–H groups in total. The van der Waals surface area contributed by atoms with Gasteiger partial charge in [0.05, 0.1) is 32.4 Å². The molecule has 12 nitrogen and oxygen atoms in total. The Morgan fingerprint density at radius 1 is 0.872 bits per heavy atom. The summed E-state index contributed by atoms with van der Waals surface area (Å²) >= 11 is 0. The molecule has 0 aliphatic carbocycles. The number of hydrogen-bond donors (Lipinski definition) is 1. The monoisotopic (exact) mass is 650 g/mol. The van der Waals surface area contributed by atoms with Gasteiger partial charge in [-0.15, -0.1) is 0 Å². The molecule has 1 aromatic heterocycles. The molecular weight excluding hydrogens is 604 g/mol. The summed E-state index contributed by atoms with van der Waals surface area (Å²) in [5, 5.41) is 7.21. The molecular formula is C35H46N4O8. The third-order valence-electron chi connectivity index (χ3n) is 7.19. The molecule has 2 amide bonds. The molecule has 1 aliphatic rings. The number of nitrogens with one attached hydrogen (secondary N) is 1. The molecule has 0 unspecified atom stereocenters. The summed E-state index contributed by atoms with van der Waals surface area (Å²) in [5.74, 6) is 0.674. The second-order valence-corrected chi connectivity index (χ2v) is 13.5. The van der Waals surface area contributed by atoms with E-state index in [1.54, 1.807) is 67.0 Å². The van der Waals surface area contributed by atoms with Crippen LogP contribution in [0.25, 0.3) is 0 Å². The van der Waals surface area contributed by atoms with Crippen molar-refractivity contribution in [1.29, 1.82) is 0 Å². The van der Waals surface area contributed by atoms with Gasteiger partial charge in [0, 0.05) is 12.7 Å². The zero-order valence-electron chi connectivity index (χ0n) is 28.2. The number of carbonyl (C=O) groups excluding carboxylic acids is 3. The zero-order chi connectivity index (χ0) is 34.2. The van der Waals surface area contributed by atoms with E-state index in [0.29, 0.717) is 18.7 Å². The van der Waals surface area contributed by atoms with Gasteiger partial charge in [-0.05, 0) is 83.2 Å². The third-order valence-corrected chi connectivity index (χ3v) is 7.19. The fourth-order valence-electron chi connectivity index (χ4n) is 5.14. The molecule has 254 valence electrons. The second kappa shape index (κ2) is 15.2. The normalized spacial score (nSPS) is 17.9. The van der Waals surface area contributed by atoms with Crippen LogP contribution in [0.5, 0.6) is 5.75 Å². The molecule has 1 saturated heterocycles. The highest BCUT2D eigenvalue weighted by molar-refractivity contribution is 5.71. The number of rotatable bonds is 10. The number of carbonyl (C=O) groups is 3. The van der Waals surface area contributed by atoms with Crippen LogP contribution in [0.3, 0.4) is 0 Å². The number of alkyl carbamates (subject to hydrolysis) is 1. The summed E-state index contributed by atoms with van der Waals surface area (Å²) in [6, 6.07) is 16.6. The van der Waals surface area contributed by atoms with Gasteiger partial charge in [-0.1, -0.05) is 42.5 Å². The Labute approximate surface area is 276 Å². The molecule has 0 spiro atoms. The summed E-state index contributed by atoms with van der Waals surface area (Å²) in [6.07, 6.45) is 0.211. The number of likely N-dealkylation sites (tertiary alicyclic amines) is 1. The van der Waals surface area contributed by atoms with Crippen LogP contribution in [0.1, 0.15) is 58.2 Å². The van der Waals surface area contributed by atoms with Gasteiger partial charge in [-0.25, -0.2) is 14.4 Å². The van der Waals surface area contributed by atoms with Crippen LogP contribution in [0.15, 0.2) is 67.0 Å². The summed E-state index contributed by atoms with van der Waals surface area (Å²) < 4.78 is 29.8. The molecule has 2 aromatic carbocycles. The van der Waals surface area contributed by atoms with E-state index in [4.69, 9.17) is 23.7 Å². The van der Waals surface area contributed by atoms with Crippen LogP contribution in [-0.2, 0) is 38.3 Å². The lowest BCUT2D eigenvalue weighted by Crippen LogP contribution is -2.46. The molecule has 47 heavy (non-hydrogen) atoms. The number of methoxy groups -OCH3 is 1. The number of ether oxygens (including phenoxy) is 5. The quantitative estimate of drug-likeness (QED) is 0.215. The van der Waals surface area contributed by atoms with Gasteiger partial charge in [0.2, 0.25) is 0 Å². The maximum absolute atomic E-state index is 13.4. The Kier molecular flexibility index (Phi) is 11.4. The number of hydrogen-bond acceptors (Lipinski definition) is 9. The van der Waals surface area contributed by atoms with Gasteiger partial charge in [-0.2, -0.15) is 5.10 Å². The fraction of sp³-hybridized carbons (Fsp3) is 0.486. The maximum Gasteiger partial charge on any atom is 0.509 e. The lowest BCUT2D eigenvalue weighted by molar-refractivity contribution is -0.0517. The van der Waals surface area contributed by atoms with Crippen molar-refractivity contribution in [3.63, 3.8) is 0 Å². The highest BCUT2D eigenvalue weighted by Crippen LogP contribution is 2.30. The first-order chi connectivity index (χ1) is 22.2. The first kappa shape index (κ1) is 35.1. The van der Waals surface area contributed by atoms with Crippen molar-refractivity contribution < 1.29 is 38.1 Å². The minimum atomic E-state index is -1.02. The van der Waals surface area contributed by atoms with E-state index in [1.807, 2.05) is 53.3 Å². The molecule has 0 radical (unpaired) electrons. The molecule has 1 aliphatic heterocycles. The minimum Gasteiger partial charge on any atom is -0.497 e. The molecule has 0 bridgehead atoms. The van der Waals surface area contributed by atoms with E-state index >= 15 is 0 Å². The SMILES string of the molecule is COc1ccc(C[C@@H]2[C@H](OC(=O)NCCc3cnn(Cc4ccccc4)c3)[C@@H](OC(=O)OC(C)(C)C)CN2C(=O)OC(C)(C)C)cc1. The lowest BCUT2D eigenvalue weighted by Gasteiger charge is -2.30. The average Bonchev–Trinajstić information content (AvgIpc) is 3.56. The van der Waals surface area contributed by atoms with E-state index in [2.05, 4.69) is 10.4 Å². The van der Waals surface area contributed by atoms with E-state index < -0.39 is 47.8 Å². The van der Waals surface area contributed by atoms with Crippen molar-refractivity contribution in [2.45, 2.75) is 90.4 Å². The van der Waals surface area contributed by atoms with Crippen molar-refractivity contribution in [1.82, 2.24) is 20.0 Å². The molecule has 3 atom stereocenters. The Balaban J connectivity index is 1.49. The predicted octanol–water partition coefficient (Wildman–Crippen LogP) is 5.76. The molecule has 2 heterocycles. The Hall–Kier alpha value is -4.74. The second-order valence-electron chi connectivity index (χ2n) is 13.5. The largest absolute Gasteiger partial charge is 0.509 e. The number of aromatic nitrogens is 2. The third kappa shape index (κ3) is 10.9. The van der Waals surface area contributed by atoms with Crippen LogP contribution in [0.2, 0.25) is 0 Å². The van der Waals surface area contributed by atoms with E-state index in [9.17, 15) is 14.4 Å². The van der Waals surface area contributed by atoms with Gasteiger partial charge in [0.15, 0.2) is 12.2 Å². The van der Waals surface area contributed by atoms with Crippen LogP contribution < -0.4 is 10.1 Å². The van der Waals surface area contributed by atoms with Crippen molar-refractivity contribution >= 4 is 18.3 Å². The van der Waals surface area contributed by atoms with E-state index in [-0.39, 0.29) is 19.5 Å². The van der Waals surface area contributed by atoms with Gasteiger partial charge < -0.3 is 29.0 Å². The van der Waals surface area contributed by atoms with Crippen LogP contribution in [0, 0.1) is 0 Å². The average molecular weight is 651 g/mol. The molecule has 4 rings (SSSR count). The highest BCUT2D eigenvalue weighted by Gasteiger charge is 2.50. The Bertz CT molecular complexity index is 1480. The Morgan fingerprint density at radius 2 is 1.55 bits per heavy atom. The summed E-state index contributed by atoms with van der Waals surface area (Å²) in [6.45, 7) is 11.3. The number of nitrogens with zero attached hydrogens (tertiary/aromatic N) is 3. The minimum absolute atomic E-state index is 0.0620. The first-order valence-corrected chi connectivity index (χ1v) is 15.7. The lowest BCUT2D eigenvalue weighted by atomic mass is 10.0. The molecule has 1 fully saturated rings. The molecule has 0 saturated carbocycles. The zero-order valence-corrected chi connectivity index (χ0v) is 28.2. The van der Waals surface area contributed by atoms with Crippen LogP contribution >= 0.6 is 0 Å². The van der Waals surface area contributed by atoms with E-state index in [0.717, 1.165) is 16.7 Å². The fourth-order valence-corrected chi connectivity index (χ4v) is 5.14. The molecule has 3 aromatic rings. The standard InChI is InChI=1S/C35H46N4O8/c1-34(2,3)46-32(41)39-23-29(44-33(42)47-35(4,5)6)30(28(39)19-24-13-15-27(43-7)16-14-24)45-31(40)36-18-17-26-20-37-38(22-26)21-25-11-9-8-10-12-25/h8-16,20,22,28-30H,17-19,21,23H2,1-7H3,(H,36,40)/t28-,29+,30+/m1/s1. The van der Waals surface area contributed by atoms with Crippen molar-refractivity contribution in [3.05, 3.63) is 83.7 Å². The number of benzene rings is 2. The highest BCUT2D eigenvalue weighted by atomic mass is 16.7. The molecule has 12 heteroatoms. The number of amides is 2. The maximum atomic E-state index is 13.4. The van der Waals surface area contributed by atoms with Gasteiger partial charge in [-0.3, -0.25) is 9.58 Å². The van der Waals surface area contributed by atoms with Crippen molar-refractivity contribution in [2.24, 2.45) is 0 Å². The van der Waals surface area contributed by atoms with E-state index in [1.165, 1.54) is 4.90 Å². The summed E-state index contributed by atoms with van der Waals surface area (Å²) in [4.78, 5) is 40.9. The summed E-state index contributed by atoms with van der Waals surface area (Å²) in [5.41, 5.74) is 1.33. The van der Waals surface area contributed by atoms with Crippen molar-refractivity contribution in [2.75, 3.05) is 20.2 Å². The summed E-state index contributed by atoms with van der Waals surface area (Å²) in [7, 11) is 1.58. The first-order valence-electron chi connectivity index (χ1n) is 15.7. The van der Waals surface area contributed by atoms with Crippen molar-refractivity contribution in [3.8, 4) is 5.75 Å². The van der Waals surface area contributed by atoms with Gasteiger partial charge in [0.1, 0.15) is 17.0 Å². The smallest absolute Gasteiger partial charge is 0.497 e. The Morgan fingerprint density at radius 3 is 2.19 bits per heavy atom. The predicted molar refractivity (Wildman–Crippen MR) is 174 cm³/mol. The topological polar surface area (TPSA) is 130 Å². The van der Waals surface area contributed by atoms with Crippen LogP contribution in [0.4, 0.5) is 14.4 Å². The van der Waals surface area contributed by atoms with Crippen LogP contribution in [-0.4, -0.2) is 82.7 Å².